The molecule has 0 radical (unpaired) electrons. The summed E-state index contributed by atoms with van der Waals surface area (Å²) >= 11 is 0. The lowest BCUT2D eigenvalue weighted by Gasteiger charge is -2.31. The summed E-state index contributed by atoms with van der Waals surface area (Å²) in [4.78, 5) is 15.8. The monoisotopic (exact) mass is 306 g/mol. The molecule has 3 unspecified atom stereocenters. The molecule has 1 amide bonds. The molecule has 1 aliphatic heterocycles. The molecule has 5 N–H and O–H groups in total. The lowest BCUT2D eigenvalue weighted by Crippen LogP contribution is -2.63. The van der Waals surface area contributed by atoms with Crippen LogP contribution in [0.2, 0.25) is 0 Å². The summed E-state index contributed by atoms with van der Waals surface area (Å²) in [5.41, 5.74) is 11.7. The molecule has 3 atom stereocenters. The fourth-order valence-electron chi connectivity index (χ4n) is 3.17. The maximum Gasteiger partial charge on any atom is 0.254 e. The molecule has 6 nitrogen and oxygen atoms in total. The fraction of sp³-hybridized carbons (Fsp3) is 0.562. The van der Waals surface area contributed by atoms with E-state index in [-0.39, 0.29) is 6.04 Å². The lowest BCUT2D eigenvalue weighted by atomic mass is 10.0. The molecule has 1 fully saturated rings. The van der Waals surface area contributed by atoms with E-state index in [0.29, 0.717) is 19.8 Å². The quantitative estimate of drug-likeness (QED) is 0.699. The van der Waals surface area contributed by atoms with E-state index >= 15 is 0 Å². The third-order valence-corrected chi connectivity index (χ3v) is 4.28. The maximum atomic E-state index is 11.9. The zero-order valence-corrected chi connectivity index (χ0v) is 13.3. The summed E-state index contributed by atoms with van der Waals surface area (Å²) in [5, 5.41) is 9.66. The van der Waals surface area contributed by atoms with Crippen molar-refractivity contribution < 1.29 is 9.90 Å². The largest absolute Gasteiger partial charge is 0.392 e. The van der Waals surface area contributed by atoms with Crippen LogP contribution < -0.4 is 11.5 Å². The van der Waals surface area contributed by atoms with Gasteiger partial charge in [0.15, 0.2) is 5.66 Å². The number of benzene rings is 1. The SMILES string of the molecule is CCC(c1ccccc1)N1CN(CC(C)O)C(N)(C(N)=O)C1. The van der Waals surface area contributed by atoms with Crippen molar-refractivity contribution in [2.45, 2.75) is 38.1 Å². The zero-order valence-electron chi connectivity index (χ0n) is 13.3. The molecular formula is C16H26N4O2. The minimum absolute atomic E-state index is 0.169. The van der Waals surface area contributed by atoms with Crippen LogP contribution in [0.25, 0.3) is 0 Å². The van der Waals surface area contributed by atoms with Gasteiger partial charge < -0.3 is 16.6 Å². The number of nitrogens with zero attached hydrogens (tertiary/aromatic N) is 2. The molecule has 0 aliphatic carbocycles. The number of β-amino-alcohol motifs (C(OH)–C–C–N with tert-alkyl or cyclic N) is 1. The number of amides is 1. The highest BCUT2D eigenvalue weighted by molar-refractivity contribution is 5.84. The fourth-order valence-corrected chi connectivity index (χ4v) is 3.17. The number of nitrogens with two attached hydrogens (primary N) is 2. The minimum atomic E-state index is -1.24. The van der Waals surface area contributed by atoms with Crippen molar-refractivity contribution in [3.63, 3.8) is 0 Å². The Kier molecular flexibility index (Phi) is 5.18. The molecular weight excluding hydrogens is 280 g/mol. The molecule has 2 rings (SSSR count). The lowest BCUT2D eigenvalue weighted by molar-refractivity contribution is -0.128. The van der Waals surface area contributed by atoms with Gasteiger partial charge in [0.2, 0.25) is 0 Å². The summed E-state index contributed by atoms with van der Waals surface area (Å²) in [6.07, 6.45) is 0.334. The number of rotatable bonds is 6. The van der Waals surface area contributed by atoms with Gasteiger partial charge in [0.1, 0.15) is 0 Å². The molecule has 1 aromatic carbocycles. The van der Waals surface area contributed by atoms with Crippen LogP contribution in [0.5, 0.6) is 0 Å². The van der Waals surface area contributed by atoms with Crippen molar-refractivity contribution in [1.82, 2.24) is 9.80 Å². The predicted molar refractivity (Wildman–Crippen MR) is 85.5 cm³/mol. The van der Waals surface area contributed by atoms with Crippen LogP contribution in [0.15, 0.2) is 30.3 Å². The highest BCUT2D eigenvalue weighted by atomic mass is 16.3. The Morgan fingerprint density at radius 3 is 2.55 bits per heavy atom. The van der Waals surface area contributed by atoms with Gasteiger partial charge in [-0.25, -0.2) is 0 Å². The van der Waals surface area contributed by atoms with Crippen LogP contribution in [-0.4, -0.2) is 52.3 Å². The van der Waals surface area contributed by atoms with E-state index in [4.69, 9.17) is 11.5 Å². The molecule has 22 heavy (non-hydrogen) atoms. The van der Waals surface area contributed by atoms with Gasteiger partial charge in [-0.1, -0.05) is 37.3 Å². The van der Waals surface area contributed by atoms with E-state index in [2.05, 4.69) is 24.0 Å². The second-order valence-corrected chi connectivity index (χ2v) is 6.08. The Morgan fingerprint density at radius 1 is 1.41 bits per heavy atom. The Hall–Kier alpha value is -1.47. The van der Waals surface area contributed by atoms with Crippen molar-refractivity contribution in [3.05, 3.63) is 35.9 Å². The number of carbonyl (C=O) groups excluding carboxylic acids is 1. The van der Waals surface area contributed by atoms with Gasteiger partial charge in [-0.15, -0.1) is 0 Å². The van der Waals surface area contributed by atoms with E-state index < -0.39 is 17.7 Å². The number of aliphatic hydroxyl groups is 1. The van der Waals surface area contributed by atoms with E-state index in [1.54, 1.807) is 11.8 Å². The Balaban J connectivity index is 2.24. The first-order valence-corrected chi connectivity index (χ1v) is 7.69. The Labute approximate surface area is 131 Å². The van der Waals surface area contributed by atoms with E-state index in [9.17, 15) is 9.90 Å². The smallest absolute Gasteiger partial charge is 0.254 e. The van der Waals surface area contributed by atoms with Gasteiger partial charge in [0.05, 0.1) is 12.8 Å². The van der Waals surface area contributed by atoms with Crippen molar-refractivity contribution in [3.8, 4) is 0 Å². The second kappa shape index (κ2) is 6.75. The van der Waals surface area contributed by atoms with Gasteiger partial charge in [-0.05, 0) is 18.9 Å². The van der Waals surface area contributed by atoms with Crippen molar-refractivity contribution >= 4 is 5.91 Å². The standard InChI is InChI=1S/C16H26N4O2/c1-3-14(13-7-5-4-6-8-13)19-10-16(18,15(17)22)20(11-19)9-12(2)21/h4-8,12,14,21H,3,9-11,18H2,1-2H3,(H2,17,22). The van der Waals surface area contributed by atoms with Crippen LogP contribution in [0.3, 0.4) is 0 Å². The minimum Gasteiger partial charge on any atom is -0.392 e. The van der Waals surface area contributed by atoms with Crippen LogP contribution >= 0.6 is 0 Å². The van der Waals surface area contributed by atoms with Gasteiger partial charge in [0, 0.05) is 19.1 Å². The number of primary amides is 1. The van der Waals surface area contributed by atoms with Crippen LogP contribution in [0, 0.1) is 0 Å². The van der Waals surface area contributed by atoms with Crippen LogP contribution in [0.1, 0.15) is 31.9 Å². The first-order valence-electron chi connectivity index (χ1n) is 7.69. The average molecular weight is 306 g/mol. The molecule has 0 aromatic heterocycles. The molecule has 0 bridgehead atoms. The summed E-state index contributed by atoms with van der Waals surface area (Å²) in [6.45, 7) is 4.98. The van der Waals surface area contributed by atoms with Crippen LogP contribution in [0.4, 0.5) is 0 Å². The summed E-state index contributed by atoms with van der Waals surface area (Å²) in [6, 6.07) is 10.3. The van der Waals surface area contributed by atoms with E-state index in [0.717, 1.165) is 6.42 Å². The number of carbonyl (C=O) groups is 1. The normalized spacial score (nSPS) is 26.0. The highest BCUT2D eigenvalue weighted by Gasteiger charge is 2.48. The molecule has 0 spiro atoms. The molecule has 122 valence electrons. The maximum absolute atomic E-state index is 11.9. The molecule has 1 heterocycles. The van der Waals surface area contributed by atoms with Gasteiger partial charge in [-0.2, -0.15) is 0 Å². The van der Waals surface area contributed by atoms with Crippen molar-refractivity contribution in [2.24, 2.45) is 11.5 Å². The Bertz CT molecular complexity index is 508. The molecule has 1 aromatic rings. The summed E-state index contributed by atoms with van der Waals surface area (Å²) in [5.74, 6) is -0.557. The van der Waals surface area contributed by atoms with E-state index in [1.807, 2.05) is 18.2 Å². The summed E-state index contributed by atoms with van der Waals surface area (Å²) in [7, 11) is 0. The van der Waals surface area contributed by atoms with Crippen molar-refractivity contribution in [2.75, 3.05) is 19.8 Å². The Morgan fingerprint density at radius 2 is 2.05 bits per heavy atom. The molecule has 1 saturated heterocycles. The predicted octanol–water partition coefficient (Wildman–Crippen LogP) is 0.234. The number of aliphatic hydroxyl groups excluding tert-OH is 1. The van der Waals surface area contributed by atoms with Crippen molar-refractivity contribution in [1.29, 1.82) is 0 Å². The molecule has 1 aliphatic rings. The molecule has 0 saturated carbocycles. The third kappa shape index (κ3) is 3.30. The molecule has 6 heteroatoms. The second-order valence-electron chi connectivity index (χ2n) is 6.08. The first-order chi connectivity index (χ1) is 10.4. The number of hydrogen-bond donors (Lipinski definition) is 3. The van der Waals surface area contributed by atoms with Gasteiger partial charge in [0.25, 0.3) is 5.91 Å². The van der Waals surface area contributed by atoms with Crippen LogP contribution in [-0.2, 0) is 4.79 Å². The topological polar surface area (TPSA) is 95.8 Å². The average Bonchev–Trinajstić information content (AvgIpc) is 2.78. The zero-order chi connectivity index (χ0) is 16.3. The first kappa shape index (κ1) is 16.9. The van der Waals surface area contributed by atoms with E-state index in [1.165, 1.54) is 5.56 Å². The third-order valence-electron chi connectivity index (χ3n) is 4.28. The van der Waals surface area contributed by atoms with Gasteiger partial charge in [-0.3, -0.25) is 14.6 Å². The van der Waals surface area contributed by atoms with Gasteiger partial charge >= 0.3 is 0 Å². The highest BCUT2D eigenvalue weighted by Crippen LogP contribution is 2.31. The summed E-state index contributed by atoms with van der Waals surface area (Å²) < 4.78 is 0. The number of hydrogen-bond acceptors (Lipinski definition) is 5.